The van der Waals surface area contributed by atoms with Crippen molar-refractivity contribution in [2.75, 3.05) is 43.1 Å². The molecule has 1 aromatic heterocycles. The summed E-state index contributed by atoms with van der Waals surface area (Å²) in [5.41, 5.74) is 5.88. The predicted octanol–water partition coefficient (Wildman–Crippen LogP) is 4.21. The zero-order valence-electron chi connectivity index (χ0n) is 21.1. The second-order valence-corrected chi connectivity index (χ2v) is 9.53. The molecule has 0 aliphatic carbocycles. The SMILES string of the molecule is C=CC(=O)N1CCN(c2c(C#N)c(OC)nc3c2CCN(c2cccc4cccc(C)c24)C3)CC1C. The number of anilines is 2. The van der Waals surface area contributed by atoms with Crippen LogP contribution in [0.4, 0.5) is 11.4 Å². The van der Waals surface area contributed by atoms with Crippen molar-refractivity contribution in [1.82, 2.24) is 9.88 Å². The van der Waals surface area contributed by atoms with Crippen molar-refractivity contribution in [3.05, 3.63) is 71.4 Å². The number of amides is 1. The number of aromatic nitrogens is 1. The van der Waals surface area contributed by atoms with Crippen LogP contribution < -0.4 is 14.5 Å². The van der Waals surface area contributed by atoms with Crippen LogP contribution in [0.5, 0.6) is 5.88 Å². The minimum Gasteiger partial charge on any atom is -0.480 e. The first kappa shape index (κ1) is 23.7. The number of ether oxygens (including phenoxy) is 1. The first-order valence-corrected chi connectivity index (χ1v) is 12.4. The molecule has 1 atom stereocenters. The van der Waals surface area contributed by atoms with Crippen LogP contribution in [-0.2, 0) is 17.8 Å². The molecule has 3 aromatic rings. The fraction of sp³-hybridized carbons (Fsp3) is 0.345. The summed E-state index contributed by atoms with van der Waals surface area (Å²) in [6, 6.07) is 15.2. The Morgan fingerprint density at radius 2 is 1.97 bits per heavy atom. The summed E-state index contributed by atoms with van der Waals surface area (Å²) in [5, 5.41) is 12.6. The summed E-state index contributed by atoms with van der Waals surface area (Å²) in [4.78, 5) is 23.5. The number of carbonyl (C=O) groups is 1. The first-order valence-electron chi connectivity index (χ1n) is 12.4. The van der Waals surface area contributed by atoms with Crippen LogP contribution in [0.2, 0.25) is 0 Å². The van der Waals surface area contributed by atoms with Crippen molar-refractivity contribution in [1.29, 1.82) is 5.26 Å². The highest BCUT2D eigenvalue weighted by Crippen LogP contribution is 2.39. The van der Waals surface area contributed by atoms with E-state index in [1.54, 1.807) is 7.11 Å². The van der Waals surface area contributed by atoms with Crippen LogP contribution in [-0.4, -0.2) is 55.1 Å². The number of hydrogen-bond acceptors (Lipinski definition) is 6. The Hall–Kier alpha value is -4.05. The van der Waals surface area contributed by atoms with Crippen LogP contribution >= 0.6 is 0 Å². The number of methoxy groups -OCH3 is 1. The van der Waals surface area contributed by atoms with Crippen molar-refractivity contribution in [2.24, 2.45) is 0 Å². The van der Waals surface area contributed by atoms with Gasteiger partial charge in [0.1, 0.15) is 11.6 Å². The lowest BCUT2D eigenvalue weighted by Crippen LogP contribution is -2.54. The van der Waals surface area contributed by atoms with Gasteiger partial charge in [0.2, 0.25) is 11.8 Å². The quantitative estimate of drug-likeness (QED) is 0.520. The van der Waals surface area contributed by atoms with Crippen molar-refractivity contribution < 1.29 is 9.53 Å². The topological polar surface area (TPSA) is 72.7 Å². The second kappa shape index (κ2) is 9.54. The van der Waals surface area contributed by atoms with Gasteiger partial charge >= 0.3 is 0 Å². The Bertz CT molecular complexity index is 1390. The van der Waals surface area contributed by atoms with Gasteiger partial charge in [0.25, 0.3) is 0 Å². The maximum absolute atomic E-state index is 12.3. The molecule has 7 heteroatoms. The molecular formula is C29H31N5O2. The molecule has 1 unspecified atom stereocenters. The van der Waals surface area contributed by atoms with Gasteiger partial charge in [-0.2, -0.15) is 5.26 Å². The molecule has 3 heterocycles. The lowest BCUT2D eigenvalue weighted by molar-refractivity contribution is -0.128. The fourth-order valence-corrected chi connectivity index (χ4v) is 5.71. The molecule has 1 fully saturated rings. The van der Waals surface area contributed by atoms with Gasteiger partial charge in [-0.3, -0.25) is 4.79 Å². The maximum atomic E-state index is 12.3. The van der Waals surface area contributed by atoms with Crippen LogP contribution in [0.1, 0.15) is 29.3 Å². The smallest absolute Gasteiger partial charge is 0.246 e. The number of piperazine rings is 1. The van der Waals surface area contributed by atoms with Gasteiger partial charge in [0.05, 0.1) is 25.0 Å². The summed E-state index contributed by atoms with van der Waals surface area (Å²) in [7, 11) is 1.57. The van der Waals surface area contributed by atoms with Crippen LogP contribution in [0.15, 0.2) is 49.1 Å². The van der Waals surface area contributed by atoms with Gasteiger partial charge in [-0.25, -0.2) is 4.98 Å². The number of pyridine rings is 1. The Labute approximate surface area is 212 Å². The Kier molecular flexibility index (Phi) is 6.27. The van der Waals surface area contributed by atoms with E-state index in [1.165, 1.54) is 28.1 Å². The molecule has 2 aliphatic rings. The third-order valence-electron chi connectivity index (χ3n) is 7.43. The number of nitrogens with zero attached hydrogens (tertiary/aromatic N) is 5. The Balaban J connectivity index is 1.55. The van der Waals surface area contributed by atoms with Gasteiger partial charge in [-0.15, -0.1) is 0 Å². The standard InChI is InChI=1S/C29H31N5O2/c1-5-26(35)34-15-14-33(17-20(34)3)28-22-12-13-32(18-24(22)31-29(36-4)23(28)16-30)25-11-7-10-21-9-6-8-19(2)27(21)25/h5-11,20H,1,12-15,17-18H2,2-4H3. The lowest BCUT2D eigenvalue weighted by atomic mass is 9.96. The zero-order valence-corrected chi connectivity index (χ0v) is 21.1. The average Bonchev–Trinajstić information content (AvgIpc) is 2.90. The number of nitriles is 1. The van der Waals surface area contributed by atoms with Crippen LogP contribution in [0.25, 0.3) is 10.8 Å². The highest BCUT2D eigenvalue weighted by atomic mass is 16.5. The molecule has 184 valence electrons. The molecule has 5 rings (SSSR count). The number of benzene rings is 2. The Morgan fingerprint density at radius 1 is 1.19 bits per heavy atom. The molecule has 1 amide bonds. The molecule has 2 aliphatic heterocycles. The van der Waals surface area contributed by atoms with Crippen molar-refractivity contribution in [3.63, 3.8) is 0 Å². The van der Waals surface area contributed by atoms with E-state index in [9.17, 15) is 10.1 Å². The maximum Gasteiger partial charge on any atom is 0.246 e. The van der Waals surface area contributed by atoms with E-state index >= 15 is 0 Å². The Morgan fingerprint density at radius 3 is 2.67 bits per heavy atom. The van der Waals surface area contributed by atoms with Gasteiger partial charge in [0.15, 0.2) is 0 Å². The number of rotatable bonds is 4. The first-order chi connectivity index (χ1) is 17.5. The largest absolute Gasteiger partial charge is 0.480 e. The normalized spacial score (nSPS) is 17.5. The van der Waals surface area contributed by atoms with E-state index in [2.05, 4.69) is 65.8 Å². The summed E-state index contributed by atoms with van der Waals surface area (Å²) < 4.78 is 5.61. The van der Waals surface area contributed by atoms with Gasteiger partial charge in [0, 0.05) is 48.9 Å². The van der Waals surface area contributed by atoms with E-state index in [-0.39, 0.29) is 11.9 Å². The van der Waals surface area contributed by atoms with Gasteiger partial charge in [-0.05, 0) is 43.4 Å². The molecule has 0 bridgehead atoms. The van der Waals surface area contributed by atoms with E-state index in [0.717, 1.165) is 29.9 Å². The number of aryl methyl sites for hydroxylation is 1. The second-order valence-electron chi connectivity index (χ2n) is 9.53. The molecule has 0 N–H and O–H groups in total. The van der Waals surface area contributed by atoms with Gasteiger partial charge in [-0.1, -0.05) is 36.9 Å². The van der Waals surface area contributed by atoms with E-state index in [1.807, 2.05) is 11.8 Å². The fourth-order valence-electron chi connectivity index (χ4n) is 5.71. The highest BCUT2D eigenvalue weighted by Gasteiger charge is 2.33. The van der Waals surface area contributed by atoms with Crippen molar-refractivity contribution >= 4 is 28.1 Å². The summed E-state index contributed by atoms with van der Waals surface area (Å²) in [6.45, 7) is 11.2. The van der Waals surface area contributed by atoms with Crippen molar-refractivity contribution in [3.8, 4) is 11.9 Å². The minimum atomic E-state index is -0.0574. The van der Waals surface area contributed by atoms with Crippen molar-refractivity contribution in [2.45, 2.75) is 32.9 Å². The molecule has 2 aromatic carbocycles. The molecular weight excluding hydrogens is 450 g/mol. The van der Waals surface area contributed by atoms with Gasteiger partial charge < -0.3 is 19.4 Å². The molecule has 0 radical (unpaired) electrons. The zero-order chi connectivity index (χ0) is 25.4. The third-order valence-corrected chi connectivity index (χ3v) is 7.43. The van der Waals surface area contributed by atoms with E-state index in [4.69, 9.17) is 9.72 Å². The monoisotopic (exact) mass is 481 g/mol. The third kappa shape index (κ3) is 3.93. The molecule has 0 saturated carbocycles. The number of fused-ring (bicyclic) bond motifs is 2. The van der Waals surface area contributed by atoms with E-state index in [0.29, 0.717) is 37.6 Å². The van der Waals surface area contributed by atoms with E-state index < -0.39 is 0 Å². The van der Waals surface area contributed by atoms with Crippen LogP contribution in [0, 0.1) is 18.3 Å². The molecule has 1 saturated heterocycles. The molecule has 0 spiro atoms. The molecule has 7 nitrogen and oxygen atoms in total. The number of carbonyl (C=O) groups excluding carboxylic acids is 1. The lowest BCUT2D eigenvalue weighted by Gasteiger charge is -2.42. The molecule has 36 heavy (non-hydrogen) atoms. The summed E-state index contributed by atoms with van der Waals surface area (Å²) in [5.74, 6) is 0.303. The highest BCUT2D eigenvalue weighted by molar-refractivity contribution is 5.97. The number of hydrogen-bond donors (Lipinski definition) is 0. The summed E-state index contributed by atoms with van der Waals surface area (Å²) in [6.07, 6.45) is 2.15. The minimum absolute atomic E-state index is 0.00403. The predicted molar refractivity (Wildman–Crippen MR) is 143 cm³/mol. The summed E-state index contributed by atoms with van der Waals surface area (Å²) >= 11 is 0. The van der Waals surface area contributed by atoms with Crippen LogP contribution in [0.3, 0.4) is 0 Å². The average molecular weight is 482 g/mol.